The number of alkyl halides is 3. The van der Waals surface area contributed by atoms with Gasteiger partial charge in [-0.15, -0.1) is 11.3 Å². The average Bonchev–Trinajstić information content (AvgIpc) is 3.04. The van der Waals surface area contributed by atoms with Crippen LogP contribution < -0.4 is 0 Å². The Kier molecular flexibility index (Phi) is 5.41. The Morgan fingerprint density at radius 3 is 2.62 bits per heavy atom. The summed E-state index contributed by atoms with van der Waals surface area (Å²) < 4.78 is 39.9. The molecule has 9 heteroatoms. The Morgan fingerprint density at radius 1 is 1.42 bits per heavy atom. The van der Waals surface area contributed by atoms with Crippen LogP contribution in [0.2, 0.25) is 0 Å². The van der Waals surface area contributed by atoms with Crippen molar-refractivity contribution in [2.24, 2.45) is 0 Å². The minimum Gasteiger partial charge on any atom is -0.299 e. The van der Waals surface area contributed by atoms with Crippen molar-refractivity contribution in [2.45, 2.75) is 18.1 Å². The SMILES string of the molecule is CC(=O)CSc1nc(C(F)(F)F)c(C(=O)c2cccs2)cc1C#N. The normalized spacial score (nSPS) is 11.1. The molecule has 0 unspecified atom stereocenters. The lowest BCUT2D eigenvalue weighted by Gasteiger charge is -2.13. The standard InChI is InChI=1S/C15H9F3N2O2S2/c1-8(21)7-24-14-9(6-19)5-10(13(20-14)15(16,17)18)12(22)11-3-2-4-23-11/h2-5H,7H2,1H3. The Balaban J connectivity index is 2.59. The Hall–Kier alpha value is -2.18. The highest BCUT2D eigenvalue weighted by molar-refractivity contribution is 8.00. The van der Waals surface area contributed by atoms with E-state index in [0.717, 1.165) is 29.2 Å². The molecular formula is C15H9F3N2O2S2. The summed E-state index contributed by atoms with van der Waals surface area (Å²) >= 11 is 1.74. The molecule has 0 saturated carbocycles. The van der Waals surface area contributed by atoms with E-state index in [0.29, 0.717) is 0 Å². The van der Waals surface area contributed by atoms with Crippen LogP contribution in [0.3, 0.4) is 0 Å². The topological polar surface area (TPSA) is 70.8 Å². The molecule has 2 aromatic rings. The minimum absolute atomic E-state index is 0.114. The van der Waals surface area contributed by atoms with Gasteiger partial charge in [-0.25, -0.2) is 4.98 Å². The first kappa shape index (κ1) is 18.2. The van der Waals surface area contributed by atoms with Crippen molar-refractivity contribution < 1.29 is 22.8 Å². The summed E-state index contributed by atoms with van der Waals surface area (Å²) in [6.07, 6.45) is -4.86. The number of hydrogen-bond acceptors (Lipinski definition) is 6. The van der Waals surface area contributed by atoms with Crippen LogP contribution in [0.15, 0.2) is 28.6 Å². The fraction of sp³-hybridized carbons (Fsp3) is 0.200. The molecule has 0 aliphatic rings. The highest BCUT2D eigenvalue weighted by atomic mass is 32.2. The molecule has 0 aliphatic heterocycles. The number of halogens is 3. The monoisotopic (exact) mass is 370 g/mol. The van der Waals surface area contributed by atoms with Crippen LogP contribution in [0.5, 0.6) is 0 Å². The van der Waals surface area contributed by atoms with Crippen molar-refractivity contribution >= 4 is 34.7 Å². The van der Waals surface area contributed by atoms with Gasteiger partial charge in [-0.05, 0) is 24.4 Å². The molecule has 124 valence electrons. The number of thioether (sulfide) groups is 1. The average molecular weight is 370 g/mol. The molecule has 0 radical (unpaired) electrons. The van der Waals surface area contributed by atoms with Gasteiger partial charge in [0.1, 0.15) is 16.9 Å². The van der Waals surface area contributed by atoms with Crippen molar-refractivity contribution in [1.82, 2.24) is 4.98 Å². The van der Waals surface area contributed by atoms with Crippen LogP contribution >= 0.6 is 23.1 Å². The van der Waals surface area contributed by atoms with Gasteiger partial charge in [-0.1, -0.05) is 17.8 Å². The van der Waals surface area contributed by atoms with Gasteiger partial charge in [0, 0.05) is 0 Å². The summed E-state index contributed by atoms with van der Waals surface area (Å²) in [7, 11) is 0. The molecule has 0 aliphatic carbocycles. The summed E-state index contributed by atoms with van der Waals surface area (Å²) in [4.78, 5) is 26.9. The molecule has 2 rings (SSSR count). The van der Waals surface area contributed by atoms with Gasteiger partial charge in [0.2, 0.25) is 5.78 Å². The van der Waals surface area contributed by atoms with E-state index in [9.17, 15) is 22.8 Å². The summed E-state index contributed by atoms with van der Waals surface area (Å²) in [5, 5.41) is 10.5. The van der Waals surface area contributed by atoms with Crippen molar-refractivity contribution in [3.05, 3.63) is 45.3 Å². The number of Topliss-reactive ketones (excluding diaryl/α,β-unsaturated/α-hetero) is 1. The molecule has 0 aromatic carbocycles. The molecule has 4 nitrogen and oxygen atoms in total. The van der Waals surface area contributed by atoms with Gasteiger partial charge in [-0.2, -0.15) is 18.4 Å². The fourth-order valence-corrected chi connectivity index (χ4v) is 3.22. The smallest absolute Gasteiger partial charge is 0.299 e. The molecule has 0 bridgehead atoms. The van der Waals surface area contributed by atoms with E-state index in [2.05, 4.69) is 4.98 Å². The third-order valence-electron chi connectivity index (χ3n) is 2.78. The highest BCUT2D eigenvalue weighted by Crippen LogP contribution is 2.35. The molecule has 0 saturated heterocycles. The Bertz CT molecular complexity index is 824. The Labute approximate surface area is 143 Å². The van der Waals surface area contributed by atoms with E-state index in [-0.39, 0.29) is 27.0 Å². The number of carbonyl (C=O) groups is 2. The zero-order valence-electron chi connectivity index (χ0n) is 12.2. The van der Waals surface area contributed by atoms with Crippen LogP contribution in [0, 0.1) is 11.3 Å². The van der Waals surface area contributed by atoms with Gasteiger partial charge in [0.15, 0.2) is 5.69 Å². The second kappa shape index (κ2) is 7.15. The first-order valence-corrected chi connectivity index (χ1v) is 8.33. The van der Waals surface area contributed by atoms with E-state index in [1.165, 1.54) is 13.0 Å². The number of pyridine rings is 1. The third-order valence-corrected chi connectivity index (χ3v) is 4.78. The fourth-order valence-electron chi connectivity index (χ4n) is 1.79. The van der Waals surface area contributed by atoms with Gasteiger partial charge in [-0.3, -0.25) is 9.59 Å². The van der Waals surface area contributed by atoms with E-state index in [1.54, 1.807) is 17.5 Å². The molecular weight excluding hydrogens is 361 g/mol. The predicted molar refractivity (Wildman–Crippen MR) is 83.1 cm³/mol. The zero-order chi connectivity index (χ0) is 17.9. The van der Waals surface area contributed by atoms with Gasteiger partial charge < -0.3 is 0 Å². The molecule has 0 amide bonds. The number of nitriles is 1. The van der Waals surface area contributed by atoms with Gasteiger partial charge in [0.05, 0.1) is 21.8 Å². The number of nitrogens with zero attached hydrogens (tertiary/aromatic N) is 2. The van der Waals surface area contributed by atoms with Crippen LogP contribution in [0.25, 0.3) is 0 Å². The second-order valence-corrected chi connectivity index (χ2v) is 6.56. The maximum atomic E-state index is 13.3. The lowest BCUT2D eigenvalue weighted by atomic mass is 10.1. The molecule has 2 aromatic heterocycles. The van der Waals surface area contributed by atoms with E-state index >= 15 is 0 Å². The first-order valence-electron chi connectivity index (χ1n) is 6.46. The van der Waals surface area contributed by atoms with Crippen LogP contribution in [0.4, 0.5) is 13.2 Å². The zero-order valence-corrected chi connectivity index (χ0v) is 13.8. The van der Waals surface area contributed by atoms with Crippen molar-refractivity contribution in [3.63, 3.8) is 0 Å². The molecule has 0 spiro atoms. The maximum Gasteiger partial charge on any atom is 0.434 e. The number of aromatic nitrogens is 1. The van der Waals surface area contributed by atoms with Crippen LogP contribution in [-0.2, 0) is 11.0 Å². The summed E-state index contributed by atoms with van der Waals surface area (Å²) in [5.74, 6) is -1.22. The van der Waals surface area contributed by atoms with Gasteiger partial charge in [0.25, 0.3) is 0 Å². The molecule has 0 fully saturated rings. The number of hydrogen-bond donors (Lipinski definition) is 0. The summed E-state index contributed by atoms with van der Waals surface area (Å²) in [6, 6.07) is 5.56. The number of thiophene rings is 1. The van der Waals surface area contributed by atoms with Crippen molar-refractivity contribution in [3.8, 4) is 6.07 Å². The summed E-state index contributed by atoms with van der Waals surface area (Å²) in [5.41, 5.74) is -2.20. The van der Waals surface area contributed by atoms with Crippen LogP contribution in [0.1, 0.15) is 33.4 Å². The van der Waals surface area contributed by atoms with Gasteiger partial charge >= 0.3 is 6.18 Å². The van der Waals surface area contributed by atoms with Crippen molar-refractivity contribution in [2.75, 3.05) is 5.75 Å². The Morgan fingerprint density at radius 2 is 2.12 bits per heavy atom. The maximum absolute atomic E-state index is 13.3. The first-order chi connectivity index (χ1) is 11.2. The number of carbonyl (C=O) groups excluding carboxylic acids is 2. The summed E-state index contributed by atoms with van der Waals surface area (Å²) in [6.45, 7) is 1.28. The third kappa shape index (κ3) is 4.01. The lowest BCUT2D eigenvalue weighted by molar-refractivity contribution is -0.141. The molecule has 0 N–H and O–H groups in total. The largest absolute Gasteiger partial charge is 0.434 e. The number of rotatable bonds is 5. The second-order valence-electron chi connectivity index (χ2n) is 4.64. The predicted octanol–water partition coefficient (Wildman–Crippen LogP) is 3.95. The van der Waals surface area contributed by atoms with Crippen molar-refractivity contribution in [1.29, 1.82) is 5.26 Å². The van der Waals surface area contributed by atoms with E-state index in [4.69, 9.17) is 5.26 Å². The minimum atomic E-state index is -4.86. The van der Waals surface area contributed by atoms with E-state index in [1.807, 2.05) is 0 Å². The molecule has 2 heterocycles. The lowest BCUT2D eigenvalue weighted by Crippen LogP contribution is -2.17. The highest BCUT2D eigenvalue weighted by Gasteiger charge is 2.38. The molecule has 24 heavy (non-hydrogen) atoms. The van der Waals surface area contributed by atoms with E-state index < -0.39 is 23.2 Å². The quantitative estimate of drug-likeness (QED) is 0.589. The number of ketones is 2. The van der Waals surface area contributed by atoms with Crippen LogP contribution in [-0.4, -0.2) is 22.3 Å². The molecule has 0 atom stereocenters.